The van der Waals surface area contributed by atoms with Crippen molar-refractivity contribution in [2.45, 2.75) is 32.7 Å². The first-order chi connectivity index (χ1) is 13.4. The molecule has 3 rings (SSSR count). The molecule has 2 aromatic carbocycles. The summed E-state index contributed by atoms with van der Waals surface area (Å²) < 4.78 is 13.3. The summed E-state index contributed by atoms with van der Waals surface area (Å²) in [5, 5.41) is 3.46. The van der Waals surface area contributed by atoms with Gasteiger partial charge in [-0.25, -0.2) is 4.39 Å². The molecule has 1 aliphatic rings. The molecule has 28 heavy (non-hydrogen) atoms. The normalized spacial score (nSPS) is 19.3. The predicted molar refractivity (Wildman–Crippen MR) is 107 cm³/mol. The Morgan fingerprint density at radius 3 is 2.75 bits per heavy atom. The van der Waals surface area contributed by atoms with Crippen molar-refractivity contribution in [1.82, 2.24) is 10.2 Å². The standard InChI is InChI=1S/C22H24ClFN2O2/c1-22(21(28)25-14-16-6-4-8-18(24)12-16)10-5-11-26(15-22)20(27)13-17-7-2-3-9-19(17)23/h2-4,6-9,12H,5,10-11,13-15H2,1H3,(H,25,28)/t22-/m1/s1. The van der Waals surface area contributed by atoms with E-state index in [-0.39, 0.29) is 30.6 Å². The lowest BCUT2D eigenvalue weighted by Crippen LogP contribution is -2.52. The molecule has 148 valence electrons. The Kier molecular flexibility index (Phi) is 6.35. The Morgan fingerprint density at radius 2 is 2.00 bits per heavy atom. The van der Waals surface area contributed by atoms with E-state index in [0.717, 1.165) is 12.0 Å². The van der Waals surface area contributed by atoms with Crippen LogP contribution in [0, 0.1) is 11.2 Å². The number of likely N-dealkylation sites (tertiary alicyclic amines) is 1. The second kappa shape index (κ2) is 8.74. The van der Waals surface area contributed by atoms with Gasteiger partial charge in [0.15, 0.2) is 0 Å². The zero-order chi connectivity index (χ0) is 20.1. The molecule has 0 unspecified atom stereocenters. The molecule has 2 amide bonds. The second-order valence-corrected chi connectivity index (χ2v) is 7.97. The van der Waals surface area contributed by atoms with Gasteiger partial charge in [0.25, 0.3) is 0 Å². The van der Waals surface area contributed by atoms with Crippen molar-refractivity contribution in [1.29, 1.82) is 0 Å². The van der Waals surface area contributed by atoms with Crippen molar-refractivity contribution in [3.8, 4) is 0 Å². The first-order valence-electron chi connectivity index (χ1n) is 9.41. The van der Waals surface area contributed by atoms with Crippen LogP contribution in [0.3, 0.4) is 0 Å². The van der Waals surface area contributed by atoms with E-state index in [9.17, 15) is 14.0 Å². The molecule has 1 saturated heterocycles. The van der Waals surface area contributed by atoms with Gasteiger partial charge in [0.05, 0.1) is 11.8 Å². The molecule has 4 nitrogen and oxygen atoms in total. The first kappa shape index (κ1) is 20.3. The number of amides is 2. The highest BCUT2D eigenvalue weighted by Gasteiger charge is 2.39. The van der Waals surface area contributed by atoms with E-state index in [1.165, 1.54) is 12.1 Å². The number of nitrogens with zero attached hydrogens (tertiary/aromatic N) is 1. The molecule has 0 aliphatic carbocycles. The van der Waals surface area contributed by atoms with Gasteiger partial charge in [0.2, 0.25) is 11.8 Å². The van der Waals surface area contributed by atoms with Gasteiger partial charge < -0.3 is 10.2 Å². The van der Waals surface area contributed by atoms with E-state index in [2.05, 4.69) is 5.32 Å². The van der Waals surface area contributed by atoms with E-state index in [0.29, 0.717) is 30.1 Å². The van der Waals surface area contributed by atoms with Crippen LogP contribution in [0.5, 0.6) is 0 Å². The topological polar surface area (TPSA) is 49.4 Å². The molecule has 1 fully saturated rings. The van der Waals surface area contributed by atoms with Gasteiger partial charge in [0.1, 0.15) is 5.82 Å². The fourth-order valence-electron chi connectivity index (χ4n) is 3.60. The van der Waals surface area contributed by atoms with Crippen molar-refractivity contribution >= 4 is 23.4 Å². The molecule has 0 aromatic heterocycles. The molecule has 0 spiro atoms. The Hall–Kier alpha value is -2.40. The minimum absolute atomic E-state index is 0.0306. The number of hydrogen-bond acceptors (Lipinski definition) is 2. The molecular weight excluding hydrogens is 379 g/mol. The number of hydrogen-bond donors (Lipinski definition) is 1. The van der Waals surface area contributed by atoms with Crippen LogP contribution in [0.2, 0.25) is 5.02 Å². The van der Waals surface area contributed by atoms with Crippen molar-refractivity contribution in [2.75, 3.05) is 13.1 Å². The van der Waals surface area contributed by atoms with Crippen LogP contribution in [0.15, 0.2) is 48.5 Å². The predicted octanol–water partition coefficient (Wildman–Crippen LogP) is 3.97. The molecule has 2 aromatic rings. The van der Waals surface area contributed by atoms with E-state index in [1.54, 1.807) is 23.1 Å². The quantitative estimate of drug-likeness (QED) is 0.822. The summed E-state index contributed by atoms with van der Waals surface area (Å²) in [7, 11) is 0. The summed E-state index contributed by atoms with van der Waals surface area (Å²) in [6.45, 7) is 3.14. The SMILES string of the molecule is C[C@@]1(C(=O)NCc2cccc(F)c2)CCCN(C(=O)Cc2ccccc2Cl)C1. The van der Waals surface area contributed by atoms with Crippen LogP contribution >= 0.6 is 11.6 Å². The lowest BCUT2D eigenvalue weighted by molar-refractivity contribution is -0.140. The average Bonchev–Trinajstić information content (AvgIpc) is 2.68. The Bertz CT molecular complexity index is 873. The summed E-state index contributed by atoms with van der Waals surface area (Å²) in [6.07, 6.45) is 1.69. The van der Waals surface area contributed by atoms with Crippen LogP contribution in [0.1, 0.15) is 30.9 Å². The van der Waals surface area contributed by atoms with Gasteiger partial charge in [-0.2, -0.15) is 0 Å². The van der Waals surface area contributed by atoms with Gasteiger partial charge in [-0.15, -0.1) is 0 Å². The Morgan fingerprint density at radius 1 is 1.21 bits per heavy atom. The summed E-state index contributed by atoms with van der Waals surface area (Å²) in [5.41, 5.74) is 0.832. The maximum absolute atomic E-state index is 13.3. The molecule has 1 aliphatic heterocycles. The molecule has 0 saturated carbocycles. The number of rotatable bonds is 5. The number of carbonyl (C=O) groups is 2. The van der Waals surface area contributed by atoms with Gasteiger partial charge in [-0.05, 0) is 49.1 Å². The third-order valence-electron chi connectivity index (χ3n) is 5.24. The smallest absolute Gasteiger partial charge is 0.227 e. The molecule has 0 radical (unpaired) electrons. The number of nitrogens with one attached hydrogen (secondary N) is 1. The fourth-order valence-corrected chi connectivity index (χ4v) is 3.80. The van der Waals surface area contributed by atoms with Gasteiger partial charge in [-0.1, -0.05) is 41.9 Å². The van der Waals surface area contributed by atoms with Gasteiger partial charge in [0, 0.05) is 24.7 Å². The highest BCUT2D eigenvalue weighted by molar-refractivity contribution is 6.31. The summed E-state index contributed by atoms with van der Waals surface area (Å²) >= 11 is 6.16. The Labute approximate surface area is 169 Å². The minimum atomic E-state index is -0.665. The van der Waals surface area contributed by atoms with Gasteiger partial charge in [-0.3, -0.25) is 9.59 Å². The lowest BCUT2D eigenvalue weighted by Gasteiger charge is -2.39. The monoisotopic (exact) mass is 402 g/mol. The van der Waals surface area contributed by atoms with Crippen molar-refractivity contribution < 1.29 is 14.0 Å². The van der Waals surface area contributed by atoms with Crippen molar-refractivity contribution in [3.63, 3.8) is 0 Å². The number of carbonyl (C=O) groups excluding carboxylic acids is 2. The third-order valence-corrected chi connectivity index (χ3v) is 5.61. The summed E-state index contributed by atoms with van der Waals surface area (Å²) in [4.78, 5) is 27.3. The van der Waals surface area contributed by atoms with E-state index in [4.69, 9.17) is 11.6 Å². The lowest BCUT2D eigenvalue weighted by atomic mass is 9.80. The van der Waals surface area contributed by atoms with Crippen molar-refractivity contribution in [3.05, 3.63) is 70.5 Å². The number of benzene rings is 2. The maximum Gasteiger partial charge on any atom is 0.227 e. The first-order valence-corrected chi connectivity index (χ1v) is 9.79. The van der Waals surface area contributed by atoms with Crippen molar-refractivity contribution in [2.24, 2.45) is 5.41 Å². The number of piperidine rings is 1. The molecular formula is C22H24ClFN2O2. The second-order valence-electron chi connectivity index (χ2n) is 7.56. The fraction of sp³-hybridized carbons (Fsp3) is 0.364. The molecule has 1 heterocycles. The highest BCUT2D eigenvalue weighted by atomic mass is 35.5. The highest BCUT2D eigenvalue weighted by Crippen LogP contribution is 2.30. The summed E-state index contributed by atoms with van der Waals surface area (Å²) in [6, 6.07) is 13.5. The van der Waals surface area contributed by atoms with Crippen LogP contribution in [0.4, 0.5) is 4.39 Å². The third kappa shape index (κ3) is 4.90. The van der Waals surface area contributed by atoms with E-state index < -0.39 is 5.41 Å². The molecule has 6 heteroatoms. The van der Waals surface area contributed by atoms with Gasteiger partial charge >= 0.3 is 0 Å². The summed E-state index contributed by atoms with van der Waals surface area (Å²) in [5.74, 6) is -0.476. The zero-order valence-corrected chi connectivity index (χ0v) is 16.6. The average molecular weight is 403 g/mol. The van der Waals surface area contributed by atoms with E-state index >= 15 is 0 Å². The maximum atomic E-state index is 13.3. The van der Waals surface area contributed by atoms with Crippen LogP contribution in [0.25, 0.3) is 0 Å². The zero-order valence-electron chi connectivity index (χ0n) is 15.9. The molecule has 0 bridgehead atoms. The Balaban J connectivity index is 1.61. The van der Waals surface area contributed by atoms with Crippen LogP contribution in [-0.4, -0.2) is 29.8 Å². The number of halogens is 2. The minimum Gasteiger partial charge on any atom is -0.351 e. The van der Waals surface area contributed by atoms with E-state index in [1.807, 2.05) is 25.1 Å². The molecule has 1 atom stereocenters. The largest absolute Gasteiger partial charge is 0.351 e. The van der Waals surface area contributed by atoms with Crippen LogP contribution < -0.4 is 5.32 Å². The molecule has 1 N–H and O–H groups in total. The van der Waals surface area contributed by atoms with Crippen LogP contribution in [-0.2, 0) is 22.6 Å².